The van der Waals surface area contributed by atoms with Crippen molar-refractivity contribution in [3.8, 4) is 0 Å². The summed E-state index contributed by atoms with van der Waals surface area (Å²) in [6.45, 7) is 6.85. The standard InChI is InChI=1S/C18H28N4OS.HI/c1-3-19-17(20-9-5-14-21-11-12(2)24-14)22-15-13-6-10-23-16(13)18(15)7-4-8-18;/h11,13,15-16H,3-10H2,1-2H3,(H2,19,20,22);1H. The Morgan fingerprint density at radius 2 is 2.32 bits per heavy atom. The molecule has 0 aromatic carbocycles. The average Bonchev–Trinajstić information content (AvgIpc) is 3.11. The Balaban J connectivity index is 0.00000182. The highest BCUT2D eigenvalue weighted by Gasteiger charge is 2.66. The van der Waals surface area contributed by atoms with Gasteiger partial charge in [0.2, 0.25) is 0 Å². The number of nitrogens with one attached hydrogen (secondary N) is 2. The molecule has 1 spiro atoms. The first-order valence-electron chi connectivity index (χ1n) is 9.31. The van der Waals surface area contributed by atoms with Crippen molar-refractivity contribution in [3.05, 3.63) is 16.1 Å². The van der Waals surface area contributed by atoms with Crippen molar-refractivity contribution in [3.63, 3.8) is 0 Å². The van der Waals surface area contributed by atoms with Crippen LogP contribution in [0, 0.1) is 18.3 Å². The molecule has 4 rings (SSSR count). The van der Waals surface area contributed by atoms with E-state index in [1.807, 2.05) is 6.20 Å². The summed E-state index contributed by atoms with van der Waals surface area (Å²) in [6.07, 6.45) is 8.53. The number of nitrogens with zero attached hydrogens (tertiary/aromatic N) is 2. The second-order valence-electron chi connectivity index (χ2n) is 7.33. The highest BCUT2D eigenvalue weighted by atomic mass is 127. The Morgan fingerprint density at radius 3 is 2.96 bits per heavy atom. The van der Waals surface area contributed by atoms with E-state index < -0.39 is 0 Å². The van der Waals surface area contributed by atoms with Crippen molar-refractivity contribution in [1.82, 2.24) is 15.6 Å². The van der Waals surface area contributed by atoms with E-state index in [9.17, 15) is 0 Å². The summed E-state index contributed by atoms with van der Waals surface area (Å²) in [4.78, 5) is 10.5. The Hall–Kier alpha value is -0.410. The van der Waals surface area contributed by atoms with Crippen LogP contribution in [0.3, 0.4) is 0 Å². The molecule has 0 amide bonds. The van der Waals surface area contributed by atoms with Gasteiger partial charge in [-0.2, -0.15) is 0 Å². The molecule has 1 saturated heterocycles. The molecular weight excluding hydrogens is 447 g/mol. The third-order valence-electron chi connectivity index (χ3n) is 5.94. The van der Waals surface area contributed by atoms with Crippen molar-refractivity contribution in [2.45, 2.75) is 58.1 Å². The zero-order valence-corrected chi connectivity index (χ0v) is 18.2. The smallest absolute Gasteiger partial charge is 0.191 e. The third kappa shape index (κ3) is 3.56. The molecule has 3 fully saturated rings. The number of ether oxygens (including phenoxy) is 1. The maximum absolute atomic E-state index is 6.02. The molecular formula is C18H29IN4OS. The van der Waals surface area contributed by atoms with E-state index in [0.29, 0.717) is 23.5 Å². The van der Waals surface area contributed by atoms with Crippen molar-refractivity contribution in [2.75, 3.05) is 19.7 Å². The number of aliphatic imine (C=N–C) groups is 1. The van der Waals surface area contributed by atoms with Crippen LogP contribution in [0.2, 0.25) is 0 Å². The fourth-order valence-electron chi connectivity index (χ4n) is 4.70. The Labute approximate surface area is 171 Å². The number of fused-ring (bicyclic) bond motifs is 2. The highest BCUT2D eigenvalue weighted by Crippen LogP contribution is 2.62. The van der Waals surface area contributed by atoms with Gasteiger partial charge in [-0.05, 0) is 33.1 Å². The number of hydrogen-bond donors (Lipinski definition) is 2. The quantitative estimate of drug-likeness (QED) is 0.390. The van der Waals surface area contributed by atoms with Crippen LogP contribution in [-0.4, -0.2) is 42.8 Å². The minimum atomic E-state index is 0. The molecule has 140 valence electrons. The summed E-state index contributed by atoms with van der Waals surface area (Å²) >= 11 is 1.77. The summed E-state index contributed by atoms with van der Waals surface area (Å²) in [5.41, 5.74) is 0.393. The Morgan fingerprint density at radius 1 is 1.48 bits per heavy atom. The number of hydrogen-bond acceptors (Lipinski definition) is 4. The number of guanidine groups is 1. The predicted octanol–water partition coefficient (Wildman–Crippen LogP) is 3.12. The first-order valence-corrected chi connectivity index (χ1v) is 10.1. The molecule has 3 atom stereocenters. The lowest BCUT2D eigenvalue weighted by Gasteiger charge is -2.63. The number of aryl methyl sites for hydroxylation is 1. The van der Waals surface area contributed by atoms with E-state index in [2.05, 4.69) is 29.5 Å². The second-order valence-corrected chi connectivity index (χ2v) is 8.65. The van der Waals surface area contributed by atoms with Crippen LogP contribution in [0.1, 0.15) is 42.5 Å². The molecule has 25 heavy (non-hydrogen) atoms. The molecule has 3 aliphatic rings. The lowest BCUT2D eigenvalue weighted by Crippen LogP contribution is -2.72. The van der Waals surface area contributed by atoms with Crippen LogP contribution >= 0.6 is 35.3 Å². The first-order chi connectivity index (χ1) is 11.7. The third-order valence-corrected chi connectivity index (χ3v) is 6.91. The monoisotopic (exact) mass is 476 g/mol. The SMILES string of the molecule is CCNC(=NCCc1ncc(C)s1)NC1C2CCOC2C12CCC2.I. The van der Waals surface area contributed by atoms with E-state index in [1.165, 1.54) is 35.6 Å². The average molecular weight is 476 g/mol. The first kappa shape index (κ1) is 19.4. The lowest BCUT2D eigenvalue weighted by atomic mass is 9.46. The summed E-state index contributed by atoms with van der Waals surface area (Å²) in [7, 11) is 0. The summed E-state index contributed by atoms with van der Waals surface area (Å²) in [5.74, 6) is 1.64. The minimum Gasteiger partial charge on any atom is -0.377 e. The molecule has 7 heteroatoms. The normalized spacial score (nSPS) is 29.4. The second kappa shape index (κ2) is 8.08. The maximum atomic E-state index is 6.02. The van der Waals surface area contributed by atoms with E-state index in [-0.39, 0.29) is 24.0 Å². The van der Waals surface area contributed by atoms with E-state index in [1.54, 1.807) is 11.3 Å². The molecule has 1 aromatic rings. The van der Waals surface area contributed by atoms with Gasteiger partial charge in [0.05, 0.1) is 11.1 Å². The van der Waals surface area contributed by atoms with Crippen molar-refractivity contribution in [2.24, 2.45) is 16.3 Å². The molecule has 2 aliphatic carbocycles. The van der Waals surface area contributed by atoms with Crippen LogP contribution < -0.4 is 10.6 Å². The van der Waals surface area contributed by atoms with Crippen LogP contribution in [0.25, 0.3) is 0 Å². The predicted molar refractivity (Wildman–Crippen MR) is 113 cm³/mol. The summed E-state index contributed by atoms with van der Waals surface area (Å²) < 4.78 is 6.02. The fraction of sp³-hybridized carbons (Fsp3) is 0.778. The molecule has 0 bridgehead atoms. The Kier molecular flexibility index (Phi) is 6.26. The minimum absolute atomic E-state index is 0. The van der Waals surface area contributed by atoms with Gasteiger partial charge in [0, 0.05) is 54.6 Å². The highest BCUT2D eigenvalue weighted by molar-refractivity contribution is 14.0. The van der Waals surface area contributed by atoms with Crippen LogP contribution in [0.4, 0.5) is 0 Å². The van der Waals surface area contributed by atoms with Crippen LogP contribution in [-0.2, 0) is 11.2 Å². The molecule has 2 saturated carbocycles. The number of halogens is 1. The van der Waals surface area contributed by atoms with E-state index in [0.717, 1.165) is 32.1 Å². The van der Waals surface area contributed by atoms with E-state index in [4.69, 9.17) is 9.73 Å². The molecule has 1 aromatic heterocycles. The molecule has 2 heterocycles. The van der Waals surface area contributed by atoms with Gasteiger partial charge in [-0.25, -0.2) is 4.98 Å². The number of aromatic nitrogens is 1. The van der Waals surface area contributed by atoms with Crippen molar-refractivity contribution < 1.29 is 4.74 Å². The fourth-order valence-corrected chi connectivity index (χ4v) is 5.48. The topological polar surface area (TPSA) is 58.5 Å². The van der Waals surface area contributed by atoms with Gasteiger partial charge in [-0.1, -0.05) is 6.42 Å². The van der Waals surface area contributed by atoms with Crippen LogP contribution in [0.5, 0.6) is 0 Å². The zero-order valence-electron chi connectivity index (χ0n) is 15.1. The number of rotatable bonds is 5. The van der Waals surface area contributed by atoms with Crippen LogP contribution in [0.15, 0.2) is 11.2 Å². The summed E-state index contributed by atoms with van der Waals surface area (Å²) in [5, 5.41) is 8.35. The molecule has 0 radical (unpaired) electrons. The molecule has 2 N–H and O–H groups in total. The van der Waals surface area contributed by atoms with Gasteiger partial charge >= 0.3 is 0 Å². The lowest BCUT2D eigenvalue weighted by molar-refractivity contribution is -0.171. The van der Waals surface area contributed by atoms with Gasteiger partial charge in [-0.15, -0.1) is 35.3 Å². The molecule has 1 aliphatic heterocycles. The summed E-state index contributed by atoms with van der Waals surface area (Å²) in [6, 6.07) is 0.540. The van der Waals surface area contributed by atoms with Crippen molar-refractivity contribution >= 4 is 41.3 Å². The van der Waals surface area contributed by atoms with Crippen molar-refractivity contribution in [1.29, 1.82) is 0 Å². The van der Waals surface area contributed by atoms with E-state index >= 15 is 0 Å². The van der Waals surface area contributed by atoms with Gasteiger partial charge in [0.15, 0.2) is 5.96 Å². The molecule has 3 unspecified atom stereocenters. The molecule has 5 nitrogen and oxygen atoms in total. The Bertz CT molecular complexity index is 616. The zero-order chi connectivity index (χ0) is 16.6. The van der Waals surface area contributed by atoms with Gasteiger partial charge in [0.25, 0.3) is 0 Å². The largest absolute Gasteiger partial charge is 0.377 e. The van der Waals surface area contributed by atoms with Gasteiger partial charge < -0.3 is 15.4 Å². The van der Waals surface area contributed by atoms with Gasteiger partial charge in [0.1, 0.15) is 0 Å². The maximum Gasteiger partial charge on any atom is 0.191 e. The van der Waals surface area contributed by atoms with Gasteiger partial charge in [-0.3, -0.25) is 4.99 Å². The number of thiazole rings is 1.